The highest BCUT2D eigenvalue weighted by Crippen LogP contribution is 2.24. The highest BCUT2D eigenvalue weighted by atomic mass is 32.1. The van der Waals surface area contributed by atoms with Gasteiger partial charge in [0, 0.05) is 38.5 Å². The molecule has 1 saturated heterocycles. The van der Waals surface area contributed by atoms with Crippen LogP contribution in [0.15, 0.2) is 40.7 Å². The second-order valence-electron chi connectivity index (χ2n) is 6.15. The first kappa shape index (κ1) is 18.5. The number of hydrogen-bond donors (Lipinski definition) is 2. The molecule has 0 bridgehead atoms. The Balaban J connectivity index is 1.32. The maximum Gasteiger partial charge on any atom is 0.191 e. The maximum atomic E-state index is 5.67. The van der Waals surface area contributed by atoms with Crippen LogP contribution in [0.3, 0.4) is 0 Å². The molecule has 3 rings (SSSR count). The summed E-state index contributed by atoms with van der Waals surface area (Å²) in [4.78, 5) is 11.4. The van der Waals surface area contributed by atoms with Crippen molar-refractivity contribution in [3.8, 4) is 5.75 Å². The molecule has 1 aromatic carbocycles. The van der Waals surface area contributed by atoms with Crippen LogP contribution >= 0.6 is 11.3 Å². The van der Waals surface area contributed by atoms with Crippen LogP contribution in [0.4, 0.5) is 5.13 Å². The van der Waals surface area contributed by atoms with Gasteiger partial charge in [-0.15, -0.1) is 11.3 Å². The Morgan fingerprint density at radius 2 is 1.96 bits per heavy atom. The van der Waals surface area contributed by atoms with E-state index in [1.807, 2.05) is 30.3 Å². The zero-order valence-electron chi connectivity index (χ0n) is 15.3. The van der Waals surface area contributed by atoms with Gasteiger partial charge in [0.1, 0.15) is 12.4 Å². The predicted molar refractivity (Wildman–Crippen MR) is 109 cm³/mol. The lowest BCUT2D eigenvalue weighted by atomic mass is 10.3. The lowest BCUT2D eigenvalue weighted by molar-refractivity contribution is 0.322. The number of nitrogens with zero attached hydrogens (tertiary/aromatic N) is 3. The van der Waals surface area contributed by atoms with Crippen molar-refractivity contribution in [2.24, 2.45) is 4.99 Å². The van der Waals surface area contributed by atoms with Crippen LogP contribution < -0.4 is 20.3 Å². The fraction of sp³-hybridized carbons (Fsp3) is 0.474. The molecule has 7 heteroatoms. The summed E-state index contributed by atoms with van der Waals surface area (Å²) in [6.07, 6.45) is 3.46. The molecule has 0 aliphatic carbocycles. The van der Waals surface area contributed by atoms with Crippen LogP contribution in [0.25, 0.3) is 0 Å². The number of ether oxygens (including phenoxy) is 1. The van der Waals surface area contributed by atoms with Crippen LogP contribution in [0, 0.1) is 0 Å². The van der Waals surface area contributed by atoms with Crippen LogP contribution in [0.1, 0.15) is 18.5 Å². The van der Waals surface area contributed by atoms with Gasteiger partial charge in [0.15, 0.2) is 11.1 Å². The lowest BCUT2D eigenvalue weighted by Crippen LogP contribution is -2.40. The number of benzene rings is 1. The molecule has 26 heavy (non-hydrogen) atoms. The van der Waals surface area contributed by atoms with E-state index in [0.717, 1.165) is 48.6 Å². The third-order valence-corrected chi connectivity index (χ3v) is 5.17. The number of aromatic nitrogens is 1. The molecule has 0 amide bonds. The first-order valence-electron chi connectivity index (χ1n) is 9.17. The fourth-order valence-electron chi connectivity index (χ4n) is 2.85. The third kappa shape index (κ3) is 5.62. The summed E-state index contributed by atoms with van der Waals surface area (Å²) in [5.74, 6) is 1.67. The number of hydrogen-bond acceptors (Lipinski definition) is 5. The Bertz CT molecular complexity index is 682. The third-order valence-electron chi connectivity index (χ3n) is 4.22. The topological polar surface area (TPSA) is 61.8 Å². The van der Waals surface area contributed by atoms with Crippen molar-refractivity contribution in [2.45, 2.75) is 19.3 Å². The highest BCUT2D eigenvalue weighted by molar-refractivity contribution is 7.13. The van der Waals surface area contributed by atoms with Gasteiger partial charge in [0.25, 0.3) is 0 Å². The molecule has 6 nitrogen and oxygen atoms in total. The number of para-hydroxylation sites is 1. The van der Waals surface area contributed by atoms with E-state index in [2.05, 4.69) is 25.9 Å². The molecule has 1 fully saturated rings. The van der Waals surface area contributed by atoms with E-state index in [9.17, 15) is 0 Å². The SMILES string of the molecule is CN=C(NCCOc1ccccc1)NCCc1csc(N2CCCC2)n1. The van der Waals surface area contributed by atoms with Gasteiger partial charge in [-0.25, -0.2) is 4.98 Å². The average Bonchev–Trinajstić information content (AvgIpc) is 3.36. The molecule has 0 saturated carbocycles. The summed E-state index contributed by atoms with van der Waals surface area (Å²) in [5.41, 5.74) is 1.15. The van der Waals surface area contributed by atoms with Crippen molar-refractivity contribution in [2.75, 3.05) is 44.7 Å². The Hall–Kier alpha value is -2.28. The Morgan fingerprint density at radius 1 is 1.19 bits per heavy atom. The van der Waals surface area contributed by atoms with Gasteiger partial charge >= 0.3 is 0 Å². The van der Waals surface area contributed by atoms with Crippen molar-refractivity contribution in [1.29, 1.82) is 0 Å². The molecule has 1 aliphatic heterocycles. The molecule has 2 heterocycles. The van der Waals surface area contributed by atoms with Gasteiger partial charge in [-0.05, 0) is 25.0 Å². The van der Waals surface area contributed by atoms with Crippen LogP contribution in [-0.4, -0.2) is 50.8 Å². The predicted octanol–water partition coefficient (Wildman–Crippen LogP) is 2.53. The summed E-state index contributed by atoms with van der Waals surface area (Å²) in [6.45, 7) is 4.39. The van der Waals surface area contributed by atoms with E-state index in [1.165, 1.54) is 12.8 Å². The highest BCUT2D eigenvalue weighted by Gasteiger charge is 2.15. The molecule has 2 N–H and O–H groups in total. The van der Waals surface area contributed by atoms with Crippen molar-refractivity contribution < 1.29 is 4.74 Å². The second kappa shape index (κ2) is 10.0. The number of rotatable bonds is 8. The lowest BCUT2D eigenvalue weighted by Gasteiger charge is -2.13. The maximum absolute atomic E-state index is 5.67. The molecule has 0 atom stereocenters. The molecular formula is C19H27N5OS. The van der Waals surface area contributed by atoms with E-state index in [0.29, 0.717) is 13.2 Å². The van der Waals surface area contributed by atoms with Gasteiger partial charge in [-0.1, -0.05) is 18.2 Å². The summed E-state index contributed by atoms with van der Waals surface area (Å²) in [5, 5.41) is 9.92. The largest absolute Gasteiger partial charge is 0.492 e. The molecule has 0 radical (unpaired) electrons. The molecular weight excluding hydrogens is 346 g/mol. The van der Waals surface area contributed by atoms with Gasteiger partial charge in [0.05, 0.1) is 12.2 Å². The van der Waals surface area contributed by atoms with Crippen LogP contribution in [0.5, 0.6) is 5.75 Å². The molecule has 2 aromatic rings. The minimum Gasteiger partial charge on any atom is -0.492 e. The zero-order valence-corrected chi connectivity index (χ0v) is 16.1. The van der Waals surface area contributed by atoms with Crippen molar-refractivity contribution in [1.82, 2.24) is 15.6 Å². The van der Waals surface area contributed by atoms with E-state index in [1.54, 1.807) is 18.4 Å². The molecule has 1 aliphatic rings. The second-order valence-corrected chi connectivity index (χ2v) is 6.99. The van der Waals surface area contributed by atoms with Crippen LogP contribution in [-0.2, 0) is 6.42 Å². The number of thiazole rings is 1. The van der Waals surface area contributed by atoms with Gasteiger partial charge in [-0.3, -0.25) is 4.99 Å². The minimum atomic E-state index is 0.593. The van der Waals surface area contributed by atoms with Crippen molar-refractivity contribution in [3.05, 3.63) is 41.4 Å². The number of guanidine groups is 1. The first-order valence-corrected chi connectivity index (χ1v) is 10.0. The Morgan fingerprint density at radius 3 is 2.73 bits per heavy atom. The first-order chi connectivity index (χ1) is 12.8. The summed E-state index contributed by atoms with van der Waals surface area (Å²) in [6, 6.07) is 9.83. The Kier molecular flexibility index (Phi) is 7.13. The smallest absolute Gasteiger partial charge is 0.191 e. The summed E-state index contributed by atoms with van der Waals surface area (Å²) >= 11 is 1.75. The summed E-state index contributed by atoms with van der Waals surface area (Å²) < 4.78 is 5.67. The van der Waals surface area contributed by atoms with Gasteiger partial charge in [0.2, 0.25) is 0 Å². The monoisotopic (exact) mass is 373 g/mol. The van der Waals surface area contributed by atoms with E-state index in [-0.39, 0.29) is 0 Å². The van der Waals surface area contributed by atoms with E-state index in [4.69, 9.17) is 9.72 Å². The molecule has 0 unspecified atom stereocenters. The van der Waals surface area contributed by atoms with Crippen molar-refractivity contribution in [3.63, 3.8) is 0 Å². The Labute approximate surface area is 159 Å². The minimum absolute atomic E-state index is 0.593. The molecule has 0 spiro atoms. The number of anilines is 1. The normalized spacial score (nSPS) is 14.5. The van der Waals surface area contributed by atoms with Gasteiger partial charge < -0.3 is 20.3 Å². The summed E-state index contributed by atoms with van der Waals surface area (Å²) in [7, 11) is 1.78. The van der Waals surface area contributed by atoms with Crippen molar-refractivity contribution >= 4 is 22.4 Å². The van der Waals surface area contributed by atoms with Crippen LogP contribution in [0.2, 0.25) is 0 Å². The number of aliphatic imine (C=N–C) groups is 1. The quantitative estimate of drug-likeness (QED) is 0.423. The average molecular weight is 374 g/mol. The standard InChI is InChI=1S/C19H27N5OS/c1-20-18(22-11-14-25-17-7-3-2-4-8-17)21-10-9-16-15-26-19(23-16)24-12-5-6-13-24/h2-4,7-8,15H,5-6,9-14H2,1H3,(H2,20,21,22). The van der Waals surface area contributed by atoms with Gasteiger partial charge in [-0.2, -0.15) is 0 Å². The number of nitrogens with one attached hydrogen (secondary N) is 2. The van der Waals surface area contributed by atoms with E-state index >= 15 is 0 Å². The zero-order chi connectivity index (χ0) is 18.0. The van der Waals surface area contributed by atoms with E-state index < -0.39 is 0 Å². The molecule has 1 aromatic heterocycles. The fourth-order valence-corrected chi connectivity index (χ4v) is 3.76. The molecule has 140 valence electrons.